The van der Waals surface area contributed by atoms with Crippen molar-refractivity contribution in [3.05, 3.63) is 29.8 Å². The number of nitrogens with two attached hydrogens (primary N) is 1. The van der Waals surface area contributed by atoms with Crippen molar-refractivity contribution in [2.45, 2.75) is 51.1 Å². The molecule has 0 aliphatic heterocycles. The second-order valence-corrected chi connectivity index (χ2v) is 5.22. The van der Waals surface area contributed by atoms with Crippen LogP contribution in [0.5, 0.6) is 0 Å². The smallest absolute Gasteiger partial charge is 0.0317 e. The molecule has 1 aliphatic carbocycles. The summed E-state index contributed by atoms with van der Waals surface area (Å²) in [5, 5.41) is 3.69. The van der Waals surface area contributed by atoms with Gasteiger partial charge in [-0.15, -0.1) is 0 Å². The molecule has 2 nitrogen and oxygen atoms in total. The lowest BCUT2D eigenvalue weighted by Crippen LogP contribution is -2.43. The molecule has 0 bridgehead atoms. The zero-order valence-corrected chi connectivity index (χ0v) is 10.1. The molecule has 0 spiro atoms. The highest BCUT2D eigenvalue weighted by Gasteiger charge is 2.25. The average Bonchev–Trinajstić information content (AvgIpc) is 2.28. The van der Waals surface area contributed by atoms with Gasteiger partial charge < -0.3 is 11.1 Å². The number of hydrogen-bond donors (Lipinski definition) is 2. The Morgan fingerprint density at radius 3 is 2.69 bits per heavy atom. The van der Waals surface area contributed by atoms with E-state index in [0.717, 1.165) is 12.2 Å². The Kier molecular flexibility index (Phi) is 3.49. The monoisotopic (exact) mass is 218 g/mol. The van der Waals surface area contributed by atoms with E-state index in [9.17, 15) is 0 Å². The third-order valence-electron chi connectivity index (χ3n) is 3.63. The number of anilines is 1. The summed E-state index contributed by atoms with van der Waals surface area (Å²) in [7, 11) is 0. The Bertz CT molecular complexity index is 340. The van der Waals surface area contributed by atoms with Crippen molar-refractivity contribution in [1.82, 2.24) is 5.32 Å². The maximum absolute atomic E-state index is 5.77. The van der Waals surface area contributed by atoms with Gasteiger partial charge in [-0.05, 0) is 37.5 Å². The molecule has 2 heteroatoms. The molecular weight excluding hydrogens is 196 g/mol. The number of rotatable bonds is 3. The first kappa shape index (κ1) is 11.5. The summed E-state index contributed by atoms with van der Waals surface area (Å²) < 4.78 is 0. The van der Waals surface area contributed by atoms with Crippen molar-refractivity contribution in [3.8, 4) is 0 Å². The predicted octanol–water partition coefficient (Wildman–Crippen LogP) is 3.08. The Labute approximate surface area is 98.2 Å². The largest absolute Gasteiger partial charge is 0.399 e. The zero-order chi connectivity index (χ0) is 11.4. The van der Waals surface area contributed by atoms with E-state index in [2.05, 4.69) is 24.4 Å². The van der Waals surface area contributed by atoms with Crippen LogP contribution >= 0.6 is 0 Å². The number of nitrogen functional groups attached to an aromatic ring is 1. The van der Waals surface area contributed by atoms with E-state index >= 15 is 0 Å². The molecule has 0 aromatic heterocycles. The predicted molar refractivity (Wildman–Crippen MR) is 69.2 cm³/mol. The Morgan fingerprint density at radius 1 is 1.25 bits per heavy atom. The Morgan fingerprint density at radius 2 is 2.00 bits per heavy atom. The van der Waals surface area contributed by atoms with Gasteiger partial charge in [-0.2, -0.15) is 0 Å². The molecular formula is C14H22N2. The van der Waals surface area contributed by atoms with E-state index in [1.807, 2.05) is 12.1 Å². The summed E-state index contributed by atoms with van der Waals surface area (Å²) in [4.78, 5) is 0. The number of hydrogen-bond acceptors (Lipinski definition) is 2. The molecule has 3 N–H and O–H groups in total. The van der Waals surface area contributed by atoms with Crippen LogP contribution in [-0.2, 0) is 6.54 Å². The van der Waals surface area contributed by atoms with Crippen LogP contribution in [0.1, 0.15) is 44.6 Å². The fourth-order valence-electron chi connectivity index (χ4n) is 2.53. The summed E-state index contributed by atoms with van der Waals surface area (Å²) in [6, 6.07) is 8.15. The molecule has 88 valence electrons. The molecule has 1 saturated carbocycles. The van der Waals surface area contributed by atoms with Gasteiger partial charge >= 0.3 is 0 Å². The standard InChI is InChI=1S/C14H22N2/c1-14(8-3-2-4-9-14)16-11-12-6-5-7-13(15)10-12/h5-7,10,16H,2-4,8-9,11,15H2,1H3. The molecule has 1 aliphatic rings. The highest BCUT2D eigenvalue weighted by atomic mass is 15.0. The van der Waals surface area contributed by atoms with Crippen molar-refractivity contribution >= 4 is 5.69 Å². The SMILES string of the molecule is CC1(NCc2cccc(N)c2)CCCCC1. The van der Waals surface area contributed by atoms with E-state index in [0.29, 0.717) is 5.54 Å². The van der Waals surface area contributed by atoms with Gasteiger partial charge in [0, 0.05) is 17.8 Å². The molecule has 1 aromatic carbocycles. The quantitative estimate of drug-likeness (QED) is 0.765. The second-order valence-electron chi connectivity index (χ2n) is 5.22. The van der Waals surface area contributed by atoms with Gasteiger partial charge in [-0.1, -0.05) is 31.4 Å². The first-order valence-corrected chi connectivity index (χ1v) is 6.27. The first-order valence-electron chi connectivity index (χ1n) is 6.27. The molecule has 0 amide bonds. The van der Waals surface area contributed by atoms with Gasteiger partial charge in [0.2, 0.25) is 0 Å². The molecule has 2 rings (SSSR count). The Hall–Kier alpha value is -1.02. The molecule has 1 aromatic rings. The van der Waals surface area contributed by atoms with Crippen LogP contribution in [-0.4, -0.2) is 5.54 Å². The third-order valence-corrected chi connectivity index (χ3v) is 3.63. The summed E-state index contributed by atoms with van der Waals surface area (Å²) >= 11 is 0. The Balaban J connectivity index is 1.91. The van der Waals surface area contributed by atoms with Crippen LogP contribution in [0.2, 0.25) is 0 Å². The van der Waals surface area contributed by atoms with Gasteiger partial charge in [0.1, 0.15) is 0 Å². The van der Waals surface area contributed by atoms with Crippen LogP contribution in [0.15, 0.2) is 24.3 Å². The number of benzene rings is 1. The van der Waals surface area contributed by atoms with E-state index < -0.39 is 0 Å². The van der Waals surface area contributed by atoms with Crippen molar-refractivity contribution < 1.29 is 0 Å². The molecule has 0 atom stereocenters. The summed E-state index contributed by atoms with van der Waals surface area (Å²) in [6.07, 6.45) is 6.72. The molecule has 0 saturated heterocycles. The van der Waals surface area contributed by atoms with E-state index in [-0.39, 0.29) is 0 Å². The zero-order valence-electron chi connectivity index (χ0n) is 10.1. The van der Waals surface area contributed by atoms with Crippen molar-refractivity contribution in [2.24, 2.45) is 0 Å². The van der Waals surface area contributed by atoms with Crippen LogP contribution in [0, 0.1) is 0 Å². The molecule has 1 fully saturated rings. The van der Waals surface area contributed by atoms with Crippen LogP contribution in [0.25, 0.3) is 0 Å². The minimum atomic E-state index is 0.336. The van der Waals surface area contributed by atoms with Gasteiger partial charge in [-0.25, -0.2) is 0 Å². The normalized spacial score (nSPS) is 19.6. The van der Waals surface area contributed by atoms with Crippen molar-refractivity contribution in [3.63, 3.8) is 0 Å². The topological polar surface area (TPSA) is 38.0 Å². The minimum absolute atomic E-state index is 0.336. The van der Waals surface area contributed by atoms with Crippen molar-refractivity contribution in [1.29, 1.82) is 0 Å². The molecule has 16 heavy (non-hydrogen) atoms. The summed E-state index contributed by atoms with van der Waals surface area (Å²) in [5.74, 6) is 0. The fraction of sp³-hybridized carbons (Fsp3) is 0.571. The van der Waals surface area contributed by atoms with Crippen LogP contribution < -0.4 is 11.1 Å². The van der Waals surface area contributed by atoms with Gasteiger partial charge in [0.15, 0.2) is 0 Å². The summed E-state index contributed by atoms with van der Waals surface area (Å²) in [6.45, 7) is 3.28. The van der Waals surface area contributed by atoms with Crippen molar-refractivity contribution in [2.75, 3.05) is 5.73 Å². The fourth-order valence-corrected chi connectivity index (χ4v) is 2.53. The lowest BCUT2D eigenvalue weighted by molar-refractivity contribution is 0.252. The lowest BCUT2D eigenvalue weighted by Gasteiger charge is -2.34. The van der Waals surface area contributed by atoms with E-state index in [4.69, 9.17) is 5.73 Å². The maximum atomic E-state index is 5.77. The first-order chi connectivity index (χ1) is 7.68. The maximum Gasteiger partial charge on any atom is 0.0317 e. The van der Waals surface area contributed by atoms with E-state index in [1.54, 1.807) is 0 Å². The van der Waals surface area contributed by atoms with Crippen LogP contribution in [0.3, 0.4) is 0 Å². The van der Waals surface area contributed by atoms with Gasteiger partial charge in [-0.3, -0.25) is 0 Å². The highest BCUT2D eigenvalue weighted by Crippen LogP contribution is 2.27. The van der Waals surface area contributed by atoms with E-state index in [1.165, 1.54) is 37.7 Å². The highest BCUT2D eigenvalue weighted by molar-refractivity contribution is 5.40. The van der Waals surface area contributed by atoms with Gasteiger partial charge in [0.25, 0.3) is 0 Å². The average molecular weight is 218 g/mol. The third kappa shape index (κ3) is 2.99. The number of nitrogens with one attached hydrogen (secondary N) is 1. The molecule has 0 radical (unpaired) electrons. The van der Waals surface area contributed by atoms with Gasteiger partial charge in [0.05, 0.1) is 0 Å². The molecule has 0 heterocycles. The van der Waals surface area contributed by atoms with Crippen LogP contribution in [0.4, 0.5) is 5.69 Å². The minimum Gasteiger partial charge on any atom is -0.399 e. The summed E-state index contributed by atoms with van der Waals surface area (Å²) in [5.41, 5.74) is 8.25. The lowest BCUT2D eigenvalue weighted by atomic mass is 9.83. The second kappa shape index (κ2) is 4.88. The molecule has 0 unspecified atom stereocenters.